The highest BCUT2D eigenvalue weighted by Gasteiger charge is 2.21. The number of nitrogens with one attached hydrogen (secondary N) is 2. The average molecular weight is 372 g/mol. The molecular formula is C20H23FN3O3+. The monoisotopic (exact) mass is 372 g/mol. The van der Waals surface area contributed by atoms with Crippen LogP contribution in [0.4, 0.5) is 15.8 Å². The maximum atomic E-state index is 13.1. The minimum atomic E-state index is -0.471. The van der Waals surface area contributed by atoms with Crippen molar-refractivity contribution in [3.05, 3.63) is 59.4 Å². The Morgan fingerprint density at radius 1 is 1.07 bits per heavy atom. The van der Waals surface area contributed by atoms with Gasteiger partial charge in [0, 0.05) is 5.56 Å². The third kappa shape index (κ3) is 4.43. The molecular weight excluding hydrogens is 349 g/mol. The van der Waals surface area contributed by atoms with Gasteiger partial charge >= 0.3 is 5.97 Å². The number of anilines is 2. The highest BCUT2D eigenvalue weighted by molar-refractivity contribution is 6.06. The Hall–Kier alpha value is -2.93. The van der Waals surface area contributed by atoms with Crippen LogP contribution in [0.2, 0.25) is 0 Å². The second kappa shape index (κ2) is 8.18. The zero-order valence-electron chi connectivity index (χ0n) is 15.4. The first-order valence-electron chi connectivity index (χ1n) is 8.83. The van der Waals surface area contributed by atoms with Crippen LogP contribution in [0.5, 0.6) is 0 Å². The lowest BCUT2D eigenvalue weighted by Crippen LogP contribution is -3.12. The largest absolute Gasteiger partial charge is 0.465 e. The number of benzene rings is 2. The number of hydrogen-bond acceptors (Lipinski definition) is 4. The van der Waals surface area contributed by atoms with Crippen molar-refractivity contribution in [2.45, 2.75) is 0 Å². The summed E-state index contributed by atoms with van der Waals surface area (Å²) < 4.78 is 17.9. The molecule has 1 fully saturated rings. The molecule has 2 aromatic rings. The van der Waals surface area contributed by atoms with Gasteiger partial charge in [0.2, 0.25) is 0 Å². The van der Waals surface area contributed by atoms with Crippen molar-refractivity contribution in [1.82, 2.24) is 0 Å². The zero-order chi connectivity index (χ0) is 19.4. The summed E-state index contributed by atoms with van der Waals surface area (Å²) in [6, 6.07) is 10.5. The summed E-state index contributed by atoms with van der Waals surface area (Å²) in [6.07, 6.45) is 0. The van der Waals surface area contributed by atoms with E-state index in [4.69, 9.17) is 4.74 Å². The molecule has 1 amide bonds. The molecule has 0 aliphatic carbocycles. The van der Waals surface area contributed by atoms with Gasteiger partial charge in [-0.2, -0.15) is 0 Å². The van der Waals surface area contributed by atoms with Gasteiger partial charge in [-0.15, -0.1) is 0 Å². The number of esters is 1. The van der Waals surface area contributed by atoms with Gasteiger partial charge in [-0.05, 0) is 42.5 Å². The van der Waals surface area contributed by atoms with E-state index in [0.29, 0.717) is 16.8 Å². The van der Waals surface area contributed by atoms with Crippen LogP contribution in [-0.4, -0.2) is 52.2 Å². The minimum absolute atomic E-state index is 0.341. The van der Waals surface area contributed by atoms with Crippen LogP contribution in [0, 0.1) is 5.82 Å². The molecule has 0 bridgehead atoms. The number of hydrogen-bond donors (Lipinski definition) is 2. The minimum Gasteiger partial charge on any atom is -0.465 e. The summed E-state index contributed by atoms with van der Waals surface area (Å²) in [7, 11) is 3.46. The van der Waals surface area contributed by atoms with Crippen LogP contribution >= 0.6 is 0 Å². The number of methoxy groups -OCH3 is 1. The summed E-state index contributed by atoms with van der Waals surface area (Å²) in [5.74, 6) is -1.24. The molecule has 7 heteroatoms. The SMILES string of the molecule is COC(=O)c1ccc(N2CC[NH+](C)CC2)c(NC(=O)c2ccc(F)cc2)c1. The van der Waals surface area contributed by atoms with Gasteiger partial charge in [-0.25, -0.2) is 9.18 Å². The Kier molecular flexibility index (Phi) is 5.71. The first-order valence-corrected chi connectivity index (χ1v) is 8.83. The molecule has 0 radical (unpaired) electrons. The summed E-state index contributed by atoms with van der Waals surface area (Å²) in [4.78, 5) is 28.1. The van der Waals surface area contributed by atoms with Crippen molar-refractivity contribution in [2.24, 2.45) is 0 Å². The lowest BCUT2D eigenvalue weighted by atomic mass is 10.1. The van der Waals surface area contributed by atoms with Gasteiger partial charge in [0.1, 0.15) is 5.82 Å². The van der Waals surface area contributed by atoms with Crippen molar-refractivity contribution in [3.8, 4) is 0 Å². The van der Waals surface area contributed by atoms with Gasteiger partial charge in [-0.3, -0.25) is 4.79 Å². The molecule has 1 aliphatic heterocycles. The van der Waals surface area contributed by atoms with E-state index in [2.05, 4.69) is 17.3 Å². The van der Waals surface area contributed by atoms with E-state index in [9.17, 15) is 14.0 Å². The van der Waals surface area contributed by atoms with Gasteiger partial charge < -0.3 is 19.9 Å². The van der Waals surface area contributed by atoms with Crippen LogP contribution in [0.1, 0.15) is 20.7 Å². The fourth-order valence-corrected chi connectivity index (χ4v) is 3.08. The number of rotatable bonds is 4. The third-order valence-corrected chi connectivity index (χ3v) is 4.73. The van der Waals surface area contributed by atoms with E-state index in [-0.39, 0.29) is 5.91 Å². The Morgan fingerprint density at radius 3 is 2.33 bits per heavy atom. The molecule has 6 nitrogen and oxygen atoms in total. The van der Waals surface area contributed by atoms with E-state index >= 15 is 0 Å². The highest BCUT2D eigenvalue weighted by atomic mass is 19.1. The Bertz CT molecular complexity index is 831. The van der Waals surface area contributed by atoms with E-state index in [1.54, 1.807) is 12.1 Å². The fraction of sp³-hybridized carbons (Fsp3) is 0.300. The fourth-order valence-electron chi connectivity index (χ4n) is 3.08. The number of ether oxygens (including phenoxy) is 1. The van der Waals surface area contributed by atoms with Crippen molar-refractivity contribution in [1.29, 1.82) is 0 Å². The summed E-state index contributed by atoms with van der Waals surface area (Å²) in [6.45, 7) is 3.68. The topological polar surface area (TPSA) is 63.1 Å². The second-order valence-corrected chi connectivity index (χ2v) is 6.63. The van der Waals surface area contributed by atoms with Gasteiger partial charge in [-0.1, -0.05) is 0 Å². The lowest BCUT2D eigenvalue weighted by Gasteiger charge is -2.33. The maximum absolute atomic E-state index is 13.1. The zero-order valence-corrected chi connectivity index (χ0v) is 15.4. The standard InChI is InChI=1S/C20H22FN3O3/c1-23-9-11-24(12-10-23)18-8-5-15(20(26)27-2)13-17(18)22-19(25)14-3-6-16(21)7-4-14/h3-8,13H,9-12H2,1-2H3,(H,22,25)/p+1. The number of piperazine rings is 1. The van der Waals surface area contributed by atoms with E-state index in [1.165, 1.54) is 36.3 Å². The van der Waals surface area contributed by atoms with Crippen LogP contribution in [-0.2, 0) is 4.74 Å². The van der Waals surface area contributed by atoms with Gasteiger partial charge in [0.25, 0.3) is 5.91 Å². The molecule has 1 saturated heterocycles. The van der Waals surface area contributed by atoms with Crippen LogP contribution in [0.25, 0.3) is 0 Å². The molecule has 0 atom stereocenters. The number of likely N-dealkylation sites (N-methyl/N-ethyl adjacent to an activating group) is 1. The highest BCUT2D eigenvalue weighted by Crippen LogP contribution is 2.28. The number of amides is 1. The quantitative estimate of drug-likeness (QED) is 0.792. The van der Waals surface area contributed by atoms with Crippen LogP contribution in [0.3, 0.4) is 0 Å². The second-order valence-electron chi connectivity index (χ2n) is 6.63. The molecule has 27 heavy (non-hydrogen) atoms. The van der Waals surface area contributed by atoms with Gasteiger partial charge in [0.15, 0.2) is 0 Å². The summed E-state index contributed by atoms with van der Waals surface area (Å²) >= 11 is 0. The normalized spacial score (nSPS) is 14.7. The number of halogens is 1. The van der Waals surface area contributed by atoms with Crippen molar-refractivity contribution in [2.75, 3.05) is 50.6 Å². The average Bonchev–Trinajstić information content (AvgIpc) is 2.68. The molecule has 3 rings (SSSR count). The first kappa shape index (κ1) is 18.8. The van der Waals surface area contributed by atoms with Crippen LogP contribution in [0.15, 0.2) is 42.5 Å². The number of quaternary nitrogens is 1. The van der Waals surface area contributed by atoms with E-state index in [0.717, 1.165) is 31.9 Å². The van der Waals surface area contributed by atoms with Crippen molar-refractivity contribution >= 4 is 23.3 Å². The van der Waals surface area contributed by atoms with E-state index in [1.807, 2.05) is 6.07 Å². The number of carbonyl (C=O) groups is 2. The van der Waals surface area contributed by atoms with Crippen molar-refractivity contribution in [3.63, 3.8) is 0 Å². The molecule has 0 unspecified atom stereocenters. The number of nitrogens with zero attached hydrogens (tertiary/aromatic N) is 1. The Balaban J connectivity index is 1.90. The van der Waals surface area contributed by atoms with Gasteiger partial charge in [0.05, 0.1) is 57.3 Å². The first-order chi connectivity index (χ1) is 13.0. The molecule has 1 aliphatic rings. The molecule has 0 saturated carbocycles. The smallest absolute Gasteiger partial charge is 0.337 e. The molecule has 2 aromatic carbocycles. The molecule has 142 valence electrons. The molecule has 0 spiro atoms. The van der Waals surface area contributed by atoms with Crippen LogP contribution < -0.4 is 15.1 Å². The third-order valence-electron chi connectivity index (χ3n) is 4.73. The Morgan fingerprint density at radius 2 is 1.70 bits per heavy atom. The summed E-state index contributed by atoms with van der Waals surface area (Å²) in [5, 5.41) is 2.86. The molecule has 2 N–H and O–H groups in total. The number of carbonyl (C=O) groups excluding carboxylic acids is 2. The summed E-state index contributed by atoms with van der Waals surface area (Å²) in [5.41, 5.74) is 2.08. The lowest BCUT2D eigenvalue weighted by molar-refractivity contribution is -0.880. The predicted molar refractivity (Wildman–Crippen MR) is 101 cm³/mol. The predicted octanol–water partition coefficient (Wildman–Crippen LogP) is 1.20. The maximum Gasteiger partial charge on any atom is 0.337 e. The van der Waals surface area contributed by atoms with E-state index < -0.39 is 11.8 Å². The molecule has 0 aromatic heterocycles. The van der Waals surface area contributed by atoms with Crippen molar-refractivity contribution < 1.29 is 23.6 Å². The molecule has 1 heterocycles. The Labute approximate surface area is 157 Å².